The van der Waals surface area contributed by atoms with E-state index in [2.05, 4.69) is 4.98 Å². The Bertz CT molecular complexity index is 806. The minimum absolute atomic E-state index is 0.0883. The van der Waals surface area contributed by atoms with Gasteiger partial charge in [0.05, 0.1) is 18.0 Å². The highest BCUT2D eigenvalue weighted by Crippen LogP contribution is 2.20. The zero-order chi connectivity index (χ0) is 19.0. The first kappa shape index (κ1) is 20.5. The lowest BCUT2D eigenvalue weighted by Gasteiger charge is -2.21. The number of nitrogens with zero attached hydrogens (tertiary/aromatic N) is 2. The van der Waals surface area contributed by atoms with Gasteiger partial charge in [0.2, 0.25) is 10.0 Å². The largest absolute Gasteiger partial charge is 0.461 e. The highest BCUT2D eigenvalue weighted by Gasteiger charge is 2.25. The summed E-state index contributed by atoms with van der Waals surface area (Å²) < 4.78 is 37.2. The summed E-state index contributed by atoms with van der Waals surface area (Å²) in [5.41, 5.74) is 0.195. The molecule has 1 aromatic heterocycles. The summed E-state index contributed by atoms with van der Waals surface area (Å²) in [6, 6.07) is 8.25. The number of thiazole rings is 1. The molecule has 0 fully saturated rings. The van der Waals surface area contributed by atoms with Gasteiger partial charge in [-0.25, -0.2) is 18.2 Å². The van der Waals surface area contributed by atoms with E-state index in [0.717, 1.165) is 0 Å². The number of sulfonamides is 1. The molecule has 0 saturated heterocycles. The maximum atomic E-state index is 12.9. The molecule has 0 aliphatic heterocycles. The van der Waals surface area contributed by atoms with E-state index in [4.69, 9.17) is 9.47 Å². The van der Waals surface area contributed by atoms with Gasteiger partial charge in [0.25, 0.3) is 0 Å². The summed E-state index contributed by atoms with van der Waals surface area (Å²) >= 11 is 1.23. The zero-order valence-electron chi connectivity index (χ0n) is 14.8. The fraction of sp³-hybridized carbons (Fsp3) is 0.412. The second-order valence-corrected chi connectivity index (χ2v) is 8.23. The van der Waals surface area contributed by atoms with Crippen molar-refractivity contribution in [3.05, 3.63) is 46.4 Å². The zero-order valence-corrected chi connectivity index (χ0v) is 16.4. The van der Waals surface area contributed by atoms with Crippen molar-refractivity contribution in [1.29, 1.82) is 0 Å². The predicted octanol–water partition coefficient (Wildman–Crippen LogP) is 2.55. The van der Waals surface area contributed by atoms with Crippen LogP contribution in [-0.4, -0.2) is 50.5 Å². The highest BCUT2D eigenvalue weighted by molar-refractivity contribution is 7.89. The quantitative estimate of drug-likeness (QED) is 0.452. The molecule has 26 heavy (non-hydrogen) atoms. The van der Waals surface area contributed by atoms with E-state index in [1.54, 1.807) is 49.7 Å². The number of benzene rings is 1. The molecule has 0 bridgehead atoms. The Morgan fingerprint density at radius 1 is 1.27 bits per heavy atom. The van der Waals surface area contributed by atoms with Crippen molar-refractivity contribution < 1.29 is 22.7 Å². The molecular weight excluding hydrogens is 376 g/mol. The van der Waals surface area contributed by atoms with Crippen LogP contribution in [0.5, 0.6) is 0 Å². The number of rotatable bonds is 10. The Labute approximate surface area is 157 Å². The number of methoxy groups -OCH3 is 1. The summed E-state index contributed by atoms with van der Waals surface area (Å²) in [6.07, 6.45) is 0.554. The normalized spacial score (nSPS) is 11.7. The highest BCUT2D eigenvalue weighted by atomic mass is 32.2. The van der Waals surface area contributed by atoms with E-state index in [-0.39, 0.29) is 23.7 Å². The number of ether oxygens (including phenoxy) is 2. The monoisotopic (exact) mass is 398 g/mol. The van der Waals surface area contributed by atoms with Gasteiger partial charge in [-0.05, 0) is 25.5 Å². The summed E-state index contributed by atoms with van der Waals surface area (Å²) in [4.78, 5) is 16.2. The number of hydrogen-bond donors (Lipinski definition) is 0. The van der Waals surface area contributed by atoms with Gasteiger partial charge in [-0.1, -0.05) is 18.2 Å². The first-order chi connectivity index (χ1) is 12.5. The molecule has 0 N–H and O–H groups in total. The number of hydrogen-bond acceptors (Lipinski definition) is 7. The Kier molecular flexibility index (Phi) is 7.70. The first-order valence-electron chi connectivity index (χ1n) is 8.14. The molecule has 2 rings (SSSR count). The van der Waals surface area contributed by atoms with Crippen molar-refractivity contribution in [2.24, 2.45) is 0 Å². The van der Waals surface area contributed by atoms with Crippen LogP contribution in [0, 0.1) is 0 Å². The van der Waals surface area contributed by atoms with Crippen LogP contribution in [0.25, 0.3) is 0 Å². The third kappa shape index (κ3) is 5.34. The van der Waals surface area contributed by atoms with Crippen LogP contribution < -0.4 is 0 Å². The van der Waals surface area contributed by atoms with Gasteiger partial charge in [0.15, 0.2) is 5.69 Å². The Hall–Kier alpha value is -1.81. The van der Waals surface area contributed by atoms with Crippen LogP contribution in [0.15, 0.2) is 40.6 Å². The van der Waals surface area contributed by atoms with Crippen molar-refractivity contribution in [3.8, 4) is 0 Å². The molecule has 0 spiro atoms. The maximum Gasteiger partial charge on any atom is 0.357 e. The van der Waals surface area contributed by atoms with Crippen LogP contribution >= 0.6 is 11.3 Å². The van der Waals surface area contributed by atoms with Gasteiger partial charge in [0, 0.05) is 25.6 Å². The predicted molar refractivity (Wildman–Crippen MR) is 98.6 cm³/mol. The lowest BCUT2D eigenvalue weighted by atomic mass is 10.4. The molecule has 0 saturated carbocycles. The smallest absolute Gasteiger partial charge is 0.357 e. The standard InChI is InChI=1S/C17H22N2O5S2/c1-3-24-17(20)15-13-25-16(18-15)12-19(10-7-11-23-2)26(21,22)14-8-5-4-6-9-14/h4-6,8-9,13H,3,7,10-12H2,1-2H3. The van der Waals surface area contributed by atoms with E-state index in [9.17, 15) is 13.2 Å². The average molecular weight is 399 g/mol. The maximum absolute atomic E-state index is 12.9. The van der Waals surface area contributed by atoms with Crippen LogP contribution in [0.2, 0.25) is 0 Å². The van der Waals surface area contributed by atoms with Crippen molar-refractivity contribution in [1.82, 2.24) is 9.29 Å². The van der Waals surface area contributed by atoms with Crippen molar-refractivity contribution in [3.63, 3.8) is 0 Å². The number of esters is 1. The molecule has 0 unspecified atom stereocenters. The van der Waals surface area contributed by atoms with E-state index in [1.165, 1.54) is 15.6 Å². The molecule has 0 aliphatic rings. The van der Waals surface area contributed by atoms with Gasteiger partial charge in [-0.2, -0.15) is 4.31 Å². The summed E-state index contributed by atoms with van der Waals surface area (Å²) in [5.74, 6) is -0.508. The minimum atomic E-state index is -3.67. The molecular formula is C17H22N2O5S2. The molecule has 1 aromatic carbocycles. The summed E-state index contributed by atoms with van der Waals surface area (Å²) in [7, 11) is -2.10. The van der Waals surface area contributed by atoms with Crippen molar-refractivity contribution >= 4 is 27.3 Å². The minimum Gasteiger partial charge on any atom is -0.461 e. The molecule has 9 heteroatoms. The lowest BCUT2D eigenvalue weighted by Crippen LogP contribution is -2.32. The van der Waals surface area contributed by atoms with Gasteiger partial charge in [0.1, 0.15) is 5.01 Å². The molecule has 2 aromatic rings. The third-order valence-electron chi connectivity index (χ3n) is 3.48. The molecule has 0 radical (unpaired) electrons. The Morgan fingerprint density at radius 2 is 2.00 bits per heavy atom. The fourth-order valence-corrected chi connectivity index (χ4v) is 4.56. The Morgan fingerprint density at radius 3 is 2.65 bits per heavy atom. The third-order valence-corrected chi connectivity index (χ3v) is 6.18. The molecule has 0 atom stereocenters. The van der Waals surface area contributed by atoms with E-state index in [1.807, 2.05) is 0 Å². The van der Waals surface area contributed by atoms with Gasteiger partial charge in [-0.3, -0.25) is 0 Å². The van der Waals surface area contributed by atoms with Crippen LogP contribution in [0.4, 0.5) is 0 Å². The molecule has 0 aliphatic carbocycles. The van der Waals surface area contributed by atoms with E-state index >= 15 is 0 Å². The van der Waals surface area contributed by atoms with Gasteiger partial charge >= 0.3 is 5.97 Å². The van der Waals surface area contributed by atoms with Gasteiger partial charge < -0.3 is 9.47 Å². The first-order valence-corrected chi connectivity index (χ1v) is 10.5. The molecule has 7 nitrogen and oxygen atoms in total. The number of carbonyl (C=O) groups excluding carboxylic acids is 1. The second kappa shape index (κ2) is 9.77. The van der Waals surface area contributed by atoms with Crippen LogP contribution in [0.1, 0.15) is 28.8 Å². The van der Waals surface area contributed by atoms with Crippen LogP contribution in [-0.2, 0) is 26.0 Å². The second-order valence-electron chi connectivity index (χ2n) is 5.34. The molecule has 1 heterocycles. The molecule has 142 valence electrons. The average Bonchev–Trinajstić information content (AvgIpc) is 3.11. The number of aromatic nitrogens is 1. The Balaban J connectivity index is 2.21. The summed E-state index contributed by atoms with van der Waals surface area (Å²) in [5, 5.41) is 2.11. The topological polar surface area (TPSA) is 85.8 Å². The van der Waals surface area contributed by atoms with Crippen molar-refractivity contribution in [2.75, 3.05) is 26.9 Å². The SMILES string of the molecule is CCOC(=O)c1csc(CN(CCCOC)S(=O)(=O)c2ccccc2)n1. The fourth-order valence-electron chi connectivity index (χ4n) is 2.24. The van der Waals surface area contributed by atoms with E-state index in [0.29, 0.717) is 24.6 Å². The molecule has 0 amide bonds. The summed E-state index contributed by atoms with van der Waals surface area (Å²) in [6.45, 7) is 2.81. The van der Waals surface area contributed by atoms with Crippen LogP contribution in [0.3, 0.4) is 0 Å². The van der Waals surface area contributed by atoms with Crippen molar-refractivity contribution in [2.45, 2.75) is 24.8 Å². The lowest BCUT2D eigenvalue weighted by molar-refractivity contribution is 0.0520. The van der Waals surface area contributed by atoms with Gasteiger partial charge in [-0.15, -0.1) is 11.3 Å². The van der Waals surface area contributed by atoms with E-state index < -0.39 is 16.0 Å². The number of carbonyl (C=O) groups is 1.